The molecule has 1 atom stereocenters. The zero-order valence-electron chi connectivity index (χ0n) is 11.0. The molecular weight excluding hydrogens is 270 g/mol. The second-order valence-electron chi connectivity index (χ2n) is 4.40. The number of carbonyl (C=O) groups is 1. The predicted molar refractivity (Wildman–Crippen MR) is 73.0 cm³/mol. The molecule has 0 saturated carbocycles. The van der Waals surface area contributed by atoms with Crippen LogP contribution in [0.5, 0.6) is 0 Å². The molecule has 0 fully saturated rings. The number of benzene rings is 1. The highest BCUT2D eigenvalue weighted by molar-refractivity contribution is 7.99. The minimum Gasteiger partial charge on any atom is -0.368 e. The summed E-state index contributed by atoms with van der Waals surface area (Å²) in [4.78, 5) is 11.6. The number of amides is 1. The summed E-state index contributed by atoms with van der Waals surface area (Å²) in [6.45, 7) is 4.19. The molecule has 0 aliphatic carbocycles. The molecule has 3 N–H and O–H groups in total. The van der Waals surface area contributed by atoms with E-state index in [0.29, 0.717) is 18.7 Å². The molecule has 106 valence electrons. The average Bonchev–Trinajstić information content (AvgIpc) is 2.33. The van der Waals surface area contributed by atoms with Gasteiger partial charge in [0.15, 0.2) is 0 Å². The molecule has 1 unspecified atom stereocenters. The first-order valence-electron chi connectivity index (χ1n) is 6.02. The summed E-state index contributed by atoms with van der Waals surface area (Å²) in [6.07, 6.45) is 0.441. The number of rotatable bonds is 7. The number of hydrogen-bond donors (Lipinski definition) is 2. The van der Waals surface area contributed by atoms with Gasteiger partial charge in [0.2, 0.25) is 5.91 Å². The molecule has 19 heavy (non-hydrogen) atoms. The van der Waals surface area contributed by atoms with Crippen LogP contribution in [0.4, 0.5) is 8.78 Å². The molecule has 0 radical (unpaired) electrons. The second kappa shape index (κ2) is 6.86. The molecule has 1 rings (SSSR count). The largest absolute Gasteiger partial charge is 0.368 e. The molecule has 0 aliphatic heterocycles. The fourth-order valence-corrected chi connectivity index (χ4v) is 2.77. The molecule has 0 saturated heterocycles. The van der Waals surface area contributed by atoms with Gasteiger partial charge in [-0.25, -0.2) is 8.78 Å². The molecule has 0 bridgehead atoms. The van der Waals surface area contributed by atoms with E-state index >= 15 is 0 Å². The maximum atomic E-state index is 13.4. The Bertz CT molecular complexity index is 456. The van der Waals surface area contributed by atoms with Gasteiger partial charge in [0.1, 0.15) is 11.6 Å². The summed E-state index contributed by atoms with van der Waals surface area (Å²) < 4.78 is 26.4. The third-order valence-electron chi connectivity index (χ3n) is 2.86. The Kier molecular flexibility index (Phi) is 5.75. The standard InChI is InChI=1S/C13H18F2N2OS/c1-3-17-13(2,12(16)18)6-7-19-11-8-9(14)4-5-10(11)15/h4-5,8,17H,3,6-7H2,1-2H3,(H2,16,18). The first-order valence-corrected chi connectivity index (χ1v) is 7.00. The lowest BCUT2D eigenvalue weighted by molar-refractivity contribution is -0.123. The number of primary amides is 1. The van der Waals surface area contributed by atoms with Gasteiger partial charge in [0.25, 0.3) is 0 Å². The van der Waals surface area contributed by atoms with E-state index in [1.165, 1.54) is 11.8 Å². The lowest BCUT2D eigenvalue weighted by Crippen LogP contribution is -2.53. The first-order chi connectivity index (χ1) is 8.89. The summed E-state index contributed by atoms with van der Waals surface area (Å²) in [6, 6.07) is 3.32. The molecule has 6 heteroatoms. The van der Waals surface area contributed by atoms with Crippen LogP contribution in [0.1, 0.15) is 20.3 Å². The van der Waals surface area contributed by atoms with Crippen molar-refractivity contribution in [2.24, 2.45) is 5.73 Å². The van der Waals surface area contributed by atoms with Crippen LogP contribution in [-0.4, -0.2) is 23.7 Å². The summed E-state index contributed by atoms with van der Waals surface area (Å²) >= 11 is 1.17. The smallest absolute Gasteiger partial charge is 0.237 e. The van der Waals surface area contributed by atoms with Crippen LogP contribution in [0.25, 0.3) is 0 Å². The lowest BCUT2D eigenvalue weighted by Gasteiger charge is -2.26. The van der Waals surface area contributed by atoms with Crippen LogP contribution >= 0.6 is 11.8 Å². The SMILES string of the molecule is CCNC(C)(CCSc1cc(F)ccc1F)C(N)=O. The Morgan fingerprint density at radius 1 is 1.47 bits per heavy atom. The minimum absolute atomic E-state index is 0.239. The van der Waals surface area contributed by atoms with Gasteiger partial charge in [-0.15, -0.1) is 11.8 Å². The van der Waals surface area contributed by atoms with Crippen LogP contribution in [0.2, 0.25) is 0 Å². The monoisotopic (exact) mass is 288 g/mol. The van der Waals surface area contributed by atoms with Gasteiger partial charge in [-0.05, 0) is 38.1 Å². The summed E-state index contributed by atoms with van der Waals surface area (Å²) in [5.41, 5.74) is 4.52. The quantitative estimate of drug-likeness (QED) is 0.757. The van der Waals surface area contributed by atoms with Crippen LogP contribution in [-0.2, 0) is 4.79 Å². The number of halogens is 2. The molecule has 0 heterocycles. The van der Waals surface area contributed by atoms with Crippen LogP contribution in [0.3, 0.4) is 0 Å². The molecule has 1 amide bonds. The van der Waals surface area contributed by atoms with Crippen molar-refractivity contribution in [3.05, 3.63) is 29.8 Å². The van der Waals surface area contributed by atoms with Crippen molar-refractivity contribution in [2.75, 3.05) is 12.3 Å². The number of hydrogen-bond acceptors (Lipinski definition) is 3. The van der Waals surface area contributed by atoms with Gasteiger partial charge in [0.05, 0.1) is 5.54 Å². The first kappa shape index (κ1) is 15.9. The van der Waals surface area contributed by atoms with E-state index in [-0.39, 0.29) is 4.90 Å². The third-order valence-corrected chi connectivity index (χ3v) is 3.90. The van der Waals surface area contributed by atoms with Crippen molar-refractivity contribution in [2.45, 2.75) is 30.7 Å². The lowest BCUT2D eigenvalue weighted by atomic mass is 9.98. The third kappa shape index (κ3) is 4.47. The molecule has 1 aromatic rings. The second-order valence-corrected chi connectivity index (χ2v) is 5.54. The molecule has 1 aromatic carbocycles. The highest BCUT2D eigenvalue weighted by Crippen LogP contribution is 2.25. The van der Waals surface area contributed by atoms with Crippen LogP contribution < -0.4 is 11.1 Å². The van der Waals surface area contributed by atoms with Gasteiger partial charge in [-0.1, -0.05) is 6.92 Å². The Balaban J connectivity index is 2.62. The minimum atomic E-state index is -0.828. The van der Waals surface area contributed by atoms with Gasteiger partial charge < -0.3 is 11.1 Å². The molecular formula is C13H18F2N2OS. The van der Waals surface area contributed by atoms with Crippen molar-refractivity contribution >= 4 is 17.7 Å². The Hall–Kier alpha value is -1.14. The van der Waals surface area contributed by atoms with E-state index in [1.54, 1.807) is 6.92 Å². The highest BCUT2D eigenvalue weighted by atomic mass is 32.2. The van der Waals surface area contributed by atoms with E-state index in [9.17, 15) is 13.6 Å². The molecule has 0 spiro atoms. The Morgan fingerprint density at radius 2 is 2.16 bits per heavy atom. The number of thioether (sulfide) groups is 1. The normalized spacial score (nSPS) is 14.1. The van der Waals surface area contributed by atoms with Crippen LogP contribution in [0.15, 0.2) is 23.1 Å². The summed E-state index contributed by atoms with van der Waals surface area (Å²) in [7, 11) is 0. The maximum absolute atomic E-state index is 13.4. The number of carbonyl (C=O) groups excluding carboxylic acids is 1. The van der Waals surface area contributed by atoms with Crippen LogP contribution in [0, 0.1) is 11.6 Å². The average molecular weight is 288 g/mol. The predicted octanol–water partition coefficient (Wildman–Crippen LogP) is 2.30. The summed E-state index contributed by atoms with van der Waals surface area (Å²) in [5, 5.41) is 3.02. The zero-order chi connectivity index (χ0) is 14.5. The van der Waals surface area contributed by atoms with E-state index in [4.69, 9.17) is 5.73 Å². The zero-order valence-corrected chi connectivity index (χ0v) is 11.8. The van der Waals surface area contributed by atoms with Crippen molar-refractivity contribution in [3.63, 3.8) is 0 Å². The van der Waals surface area contributed by atoms with Gasteiger partial charge >= 0.3 is 0 Å². The van der Waals surface area contributed by atoms with Crippen molar-refractivity contribution < 1.29 is 13.6 Å². The highest BCUT2D eigenvalue weighted by Gasteiger charge is 2.29. The van der Waals surface area contributed by atoms with Gasteiger partial charge in [-0.2, -0.15) is 0 Å². The van der Waals surface area contributed by atoms with E-state index in [2.05, 4.69) is 5.32 Å². The molecule has 3 nitrogen and oxygen atoms in total. The fourth-order valence-electron chi connectivity index (χ4n) is 1.64. The number of likely N-dealkylation sites (N-methyl/N-ethyl adjacent to an activating group) is 1. The Morgan fingerprint density at radius 3 is 2.74 bits per heavy atom. The molecule has 0 aliphatic rings. The van der Waals surface area contributed by atoms with Crippen molar-refractivity contribution in [1.29, 1.82) is 0 Å². The topological polar surface area (TPSA) is 55.1 Å². The summed E-state index contributed by atoms with van der Waals surface area (Å²) in [5.74, 6) is -0.925. The number of nitrogens with one attached hydrogen (secondary N) is 1. The fraction of sp³-hybridized carbons (Fsp3) is 0.462. The van der Waals surface area contributed by atoms with Crippen molar-refractivity contribution in [3.8, 4) is 0 Å². The molecule has 0 aromatic heterocycles. The van der Waals surface area contributed by atoms with Gasteiger partial charge in [0, 0.05) is 10.6 Å². The number of nitrogens with two attached hydrogens (primary N) is 1. The van der Waals surface area contributed by atoms with E-state index in [0.717, 1.165) is 18.2 Å². The maximum Gasteiger partial charge on any atom is 0.237 e. The Labute approximate surface area is 115 Å². The van der Waals surface area contributed by atoms with E-state index in [1.807, 2.05) is 6.92 Å². The van der Waals surface area contributed by atoms with Crippen molar-refractivity contribution in [1.82, 2.24) is 5.32 Å². The van der Waals surface area contributed by atoms with Gasteiger partial charge in [-0.3, -0.25) is 4.79 Å². The van der Waals surface area contributed by atoms with E-state index < -0.39 is 23.1 Å².